The molecule has 0 amide bonds. The normalized spacial score (nSPS) is 24.6. The van der Waals surface area contributed by atoms with Gasteiger partial charge in [0.15, 0.2) is 0 Å². The average molecular weight is 395 g/mol. The standard InChI is InChI=1S/C26H34O3/c1-5-17(3)19-11-7-9-13-21(19)25(23-15-27-23)29-26(24-16-28-24)22-14-10-8-12-20(22)18(4)6-2/h7-14,17-18,23-26H,5-6,15-16H2,1-4H3. The molecule has 2 heterocycles. The van der Waals surface area contributed by atoms with Gasteiger partial charge in [-0.25, -0.2) is 0 Å². The van der Waals surface area contributed by atoms with Crippen molar-refractivity contribution >= 4 is 0 Å². The van der Waals surface area contributed by atoms with Crippen molar-refractivity contribution in [3.63, 3.8) is 0 Å². The van der Waals surface area contributed by atoms with E-state index in [1.165, 1.54) is 22.3 Å². The highest BCUT2D eigenvalue weighted by Gasteiger charge is 2.43. The zero-order valence-corrected chi connectivity index (χ0v) is 18.1. The number of benzene rings is 2. The molecule has 4 rings (SSSR count). The molecule has 0 N–H and O–H groups in total. The third-order valence-electron chi connectivity index (χ3n) is 6.58. The fourth-order valence-corrected chi connectivity index (χ4v) is 4.22. The van der Waals surface area contributed by atoms with Gasteiger partial charge in [-0.2, -0.15) is 0 Å². The third-order valence-corrected chi connectivity index (χ3v) is 6.58. The lowest BCUT2D eigenvalue weighted by Crippen LogP contribution is -2.21. The van der Waals surface area contributed by atoms with Gasteiger partial charge >= 0.3 is 0 Å². The molecule has 2 aliphatic rings. The molecule has 0 aliphatic carbocycles. The molecule has 6 atom stereocenters. The lowest BCUT2D eigenvalue weighted by molar-refractivity contribution is -0.0429. The first kappa shape index (κ1) is 20.6. The summed E-state index contributed by atoms with van der Waals surface area (Å²) in [7, 11) is 0. The summed E-state index contributed by atoms with van der Waals surface area (Å²) in [5.74, 6) is 0.998. The largest absolute Gasteiger partial charge is 0.370 e. The Kier molecular flexibility index (Phi) is 6.38. The van der Waals surface area contributed by atoms with Gasteiger partial charge in [-0.15, -0.1) is 0 Å². The van der Waals surface area contributed by atoms with Gasteiger partial charge in [0.25, 0.3) is 0 Å². The van der Waals surface area contributed by atoms with Crippen molar-refractivity contribution in [2.45, 2.75) is 76.8 Å². The predicted octanol–water partition coefficient (Wildman–Crippen LogP) is 6.31. The Labute approximate surface area is 175 Å². The maximum Gasteiger partial charge on any atom is 0.112 e. The molecule has 2 aromatic rings. The summed E-state index contributed by atoms with van der Waals surface area (Å²) in [6.45, 7) is 10.6. The van der Waals surface area contributed by atoms with Crippen LogP contribution in [0.2, 0.25) is 0 Å². The molecule has 2 aromatic carbocycles. The molecule has 0 radical (unpaired) electrons. The Balaban J connectivity index is 1.68. The minimum Gasteiger partial charge on any atom is -0.370 e. The molecule has 2 saturated heterocycles. The molecule has 0 spiro atoms. The molecule has 3 nitrogen and oxygen atoms in total. The topological polar surface area (TPSA) is 34.3 Å². The van der Waals surface area contributed by atoms with Crippen molar-refractivity contribution in [2.24, 2.45) is 0 Å². The Bertz CT molecular complexity index is 742. The fraction of sp³-hybridized carbons (Fsp3) is 0.538. The third kappa shape index (κ3) is 4.58. The summed E-state index contributed by atoms with van der Waals surface area (Å²) in [6.07, 6.45) is 2.39. The Morgan fingerprint density at radius 1 is 0.724 bits per heavy atom. The van der Waals surface area contributed by atoms with Crippen molar-refractivity contribution < 1.29 is 14.2 Å². The van der Waals surface area contributed by atoms with Crippen molar-refractivity contribution in [1.29, 1.82) is 0 Å². The Morgan fingerprint density at radius 3 is 1.38 bits per heavy atom. The summed E-state index contributed by atoms with van der Waals surface area (Å²) >= 11 is 0. The highest BCUT2D eigenvalue weighted by atomic mass is 16.6. The zero-order chi connectivity index (χ0) is 20.4. The van der Waals surface area contributed by atoms with E-state index in [1.807, 2.05) is 0 Å². The van der Waals surface area contributed by atoms with Gasteiger partial charge in [0.1, 0.15) is 24.4 Å². The van der Waals surface area contributed by atoms with E-state index in [0.29, 0.717) is 11.8 Å². The summed E-state index contributed by atoms with van der Waals surface area (Å²) in [5.41, 5.74) is 5.30. The number of ether oxygens (including phenoxy) is 3. The Hall–Kier alpha value is -1.68. The first-order valence-corrected chi connectivity index (χ1v) is 11.2. The van der Waals surface area contributed by atoms with Crippen LogP contribution in [0.4, 0.5) is 0 Å². The van der Waals surface area contributed by atoms with Crippen LogP contribution in [0.3, 0.4) is 0 Å². The summed E-state index contributed by atoms with van der Waals surface area (Å²) in [6, 6.07) is 17.4. The van der Waals surface area contributed by atoms with Gasteiger partial charge in [-0.3, -0.25) is 0 Å². The highest BCUT2D eigenvalue weighted by Crippen LogP contribution is 2.44. The monoisotopic (exact) mass is 394 g/mol. The van der Waals surface area contributed by atoms with Gasteiger partial charge in [0, 0.05) is 0 Å². The van der Waals surface area contributed by atoms with Crippen LogP contribution < -0.4 is 0 Å². The van der Waals surface area contributed by atoms with E-state index in [9.17, 15) is 0 Å². The number of hydrogen-bond donors (Lipinski definition) is 0. The van der Waals surface area contributed by atoms with E-state index in [4.69, 9.17) is 14.2 Å². The lowest BCUT2D eigenvalue weighted by Gasteiger charge is -2.28. The number of hydrogen-bond acceptors (Lipinski definition) is 3. The molecular formula is C26H34O3. The average Bonchev–Trinajstić information content (AvgIpc) is 3.67. The molecule has 0 saturated carbocycles. The molecule has 29 heavy (non-hydrogen) atoms. The number of epoxide rings is 2. The highest BCUT2D eigenvalue weighted by molar-refractivity contribution is 5.36. The molecule has 2 aliphatic heterocycles. The van der Waals surface area contributed by atoms with Crippen LogP contribution in [0, 0.1) is 0 Å². The first-order valence-electron chi connectivity index (χ1n) is 11.2. The maximum absolute atomic E-state index is 6.89. The first-order chi connectivity index (χ1) is 14.1. The molecule has 156 valence electrons. The summed E-state index contributed by atoms with van der Waals surface area (Å²) < 4.78 is 18.4. The number of rotatable bonds is 10. The lowest BCUT2D eigenvalue weighted by atomic mass is 9.88. The van der Waals surface area contributed by atoms with Crippen molar-refractivity contribution in [3.05, 3.63) is 70.8 Å². The second kappa shape index (κ2) is 8.99. The molecule has 3 heteroatoms. The van der Waals surface area contributed by atoms with E-state index in [1.54, 1.807) is 0 Å². The SMILES string of the molecule is CCC(C)c1ccccc1C(OC(c1ccccc1C(C)CC)C1CO1)C1CO1. The summed E-state index contributed by atoms with van der Waals surface area (Å²) in [5, 5.41) is 0. The van der Waals surface area contributed by atoms with Gasteiger partial charge in [0.2, 0.25) is 0 Å². The second-order valence-electron chi connectivity index (χ2n) is 8.60. The molecule has 6 unspecified atom stereocenters. The van der Waals surface area contributed by atoms with Gasteiger partial charge in [-0.05, 0) is 46.9 Å². The van der Waals surface area contributed by atoms with Gasteiger partial charge < -0.3 is 14.2 Å². The van der Waals surface area contributed by atoms with Crippen LogP contribution in [-0.2, 0) is 14.2 Å². The van der Waals surface area contributed by atoms with E-state index in [-0.39, 0.29) is 24.4 Å². The predicted molar refractivity (Wildman–Crippen MR) is 116 cm³/mol. The van der Waals surface area contributed by atoms with Crippen LogP contribution in [0.5, 0.6) is 0 Å². The van der Waals surface area contributed by atoms with Crippen molar-refractivity contribution in [1.82, 2.24) is 0 Å². The van der Waals surface area contributed by atoms with Gasteiger partial charge in [0.05, 0.1) is 13.2 Å². The van der Waals surface area contributed by atoms with Crippen molar-refractivity contribution in [3.8, 4) is 0 Å². The molecule has 2 fully saturated rings. The second-order valence-corrected chi connectivity index (χ2v) is 8.60. The Morgan fingerprint density at radius 2 is 1.07 bits per heavy atom. The van der Waals surface area contributed by atoms with E-state index < -0.39 is 0 Å². The van der Waals surface area contributed by atoms with Crippen LogP contribution >= 0.6 is 0 Å². The molecule has 0 aromatic heterocycles. The van der Waals surface area contributed by atoms with Crippen LogP contribution in [-0.4, -0.2) is 25.4 Å². The van der Waals surface area contributed by atoms with Crippen molar-refractivity contribution in [2.75, 3.05) is 13.2 Å². The fourth-order valence-electron chi connectivity index (χ4n) is 4.22. The minimum atomic E-state index is -0.0561. The molecular weight excluding hydrogens is 360 g/mol. The molecule has 0 bridgehead atoms. The zero-order valence-electron chi connectivity index (χ0n) is 18.1. The van der Waals surface area contributed by atoms with Crippen LogP contribution in [0.25, 0.3) is 0 Å². The summed E-state index contributed by atoms with van der Waals surface area (Å²) in [4.78, 5) is 0. The van der Waals surface area contributed by atoms with Crippen LogP contribution in [0.15, 0.2) is 48.5 Å². The smallest absolute Gasteiger partial charge is 0.112 e. The quantitative estimate of drug-likeness (QED) is 0.443. The minimum absolute atomic E-state index is 0.0561. The van der Waals surface area contributed by atoms with E-state index in [0.717, 1.165) is 26.1 Å². The maximum atomic E-state index is 6.89. The van der Waals surface area contributed by atoms with Gasteiger partial charge in [-0.1, -0.05) is 76.2 Å². The van der Waals surface area contributed by atoms with E-state index >= 15 is 0 Å². The van der Waals surface area contributed by atoms with E-state index in [2.05, 4.69) is 76.2 Å². The van der Waals surface area contributed by atoms with Crippen LogP contribution in [0.1, 0.15) is 86.8 Å².